The molecular weight excluding hydrogens is 214 g/mol. The largest absolute Gasteiger partial charge is 0.384 e. The van der Waals surface area contributed by atoms with Gasteiger partial charge in [-0.2, -0.15) is 5.26 Å². The summed E-state index contributed by atoms with van der Waals surface area (Å²) in [5.74, 6) is -0.250. The van der Waals surface area contributed by atoms with Crippen molar-refractivity contribution in [2.24, 2.45) is 11.7 Å². The third kappa shape index (κ3) is 1.87. The van der Waals surface area contributed by atoms with Crippen molar-refractivity contribution in [2.75, 3.05) is 0 Å². The van der Waals surface area contributed by atoms with E-state index in [1.165, 1.54) is 4.90 Å². The summed E-state index contributed by atoms with van der Waals surface area (Å²) in [7, 11) is 0. The number of amides is 1. The molecule has 4 nitrogen and oxygen atoms in total. The molecule has 1 amide bonds. The molecule has 0 radical (unpaired) electrons. The lowest BCUT2D eigenvalue weighted by molar-refractivity contribution is -0.130. The van der Waals surface area contributed by atoms with Gasteiger partial charge < -0.3 is 5.73 Å². The van der Waals surface area contributed by atoms with Crippen LogP contribution in [0.1, 0.15) is 12.5 Å². The summed E-state index contributed by atoms with van der Waals surface area (Å²) < 4.78 is 0. The van der Waals surface area contributed by atoms with E-state index in [4.69, 9.17) is 11.0 Å². The van der Waals surface area contributed by atoms with Gasteiger partial charge in [-0.25, -0.2) is 0 Å². The normalized spacial score (nSPS) is 19.6. The number of carbonyl (C=O) groups excluding carboxylic acids is 1. The smallest absolute Gasteiger partial charge is 0.236 e. The number of carbonyl (C=O) groups is 1. The van der Waals surface area contributed by atoms with E-state index in [1.54, 1.807) is 6.92 Å². The van der Waals surface area contributed by atoms with Crippen molar-refractivity contribution < 1.29 is 4.79 Å². The fourth-order valence-electron chi connectivity index (χ4n) is 1.93. The molecule has 1 aromatic carbocycles. The number of nitrogens with zero attached hydrogens (tertiary/aromatic N) is 2. The predicted molar refractivity (Wildman–Crippen MR) is 63.0 cm³/mol. The monoisotopic (exact) mass is 227 g/mol. The molecule has 1 aliphatic rings. The van der Waals surface area contributed by atoms with Crippen LogP contribution in [0.4, 0.5) is 0 Å². The highest BCUT2D eigenvalue weighted by molar-refractivity contribution is 5.87. The minimum absolute atomic E-state index is 0.108. The van der Waals surface area contributed by atoms with Crippen molar-refractivity contribution in [3.63, 3.8) is 0 Å². The van der Waals surface area contributed by atoms with Gasteiger partial charge in [0.2, 0.25) is 5.91 Å². The lowest BCUT2D eigenvalue weighted by Crippen LogP contribution is -2.30. The average molecular weight is 227 g/mol. The molecule has 0 unspecified atom stereocenters. The zero-order valence-corrected chi connectivity index (χ0v) is 9.55. The summed E-state index contributed by atoms with van der Waals surface area (Å²) in [5.41, 5.74) is 7.19. The fourth-order valence-corrected chi connectivity index (χ4v) is 1.93. The van der Waals surface area contributed by atoms with Gasteiger partial charge in [0, 0.05) is 0 Å². The first-order valence-corrected chi connectivity index (χ1v) is 5.40. The molecule has 0 spiro atoms. The van der Waals surface area contributed by atoms with Gasteiger partial charge in [0.15, 0.2) is 0 Å². The molecule has 0 fully saturated rings. The second-order valence-corrected chi connectivity index (χ2v) is 4.04. The number of hydrogen-bond acceptors (Lipinski definition) is 3. The van der Waals surface area contributed by atoms with Crippen LogP contribution < -0.4 is 5.73 Å². The highest BCUT2D eigenvalue weighted by Gasteiger charge is 2.35. The fraction of sp³-hybridized carbons (Fsp3) is 0.231. The Morgan fingerprint density at radius 3 is 2.59 bits per heavy atom. The van der Waals surface area contributed by atoms with E-state index in [-0.39, 0.29) is 11.7 Å². The zero-order valence-electron chi connectivity index (χ0n) is 9.55. The molecule has 0 saturated heterocycles. The average Bonchev–Trinajstić information content (AvgIpc) is 2.55. The van der Waals surface area contributed by atoms with E-state index in [1.807, 2.05) is 36.4 Å². The number of nitriles is 1. The molecule has 2 N–H and O–H groups in total. The molecule has 4 heteroatoms. The van der Waals surface area contributed by atoms with E-state index in [9.17, 15) is 4.79 Å². The van der Waals surface area contributed by atoms with Crippen molar-refractivity contribution in [2.45, 2.75) is 13.5 Å². The summed E-state index contributed by atoms with van der Waals surface area (Å²) in [6.07, 6.45) is 0. The van der Waals surface area contributed by atoms with Crippen LogP contribution in [0.5, 0.6) is 0 Å². The highest BCUT2D eigenvalue weighted by Crippen LogP contribution is 2.27. The standard InChI is InChI=1S/C13H13N3O/c1-9-11(7-14)12(15)16(13(9)17)8-10-5-3-2-4-6-10/h2-6,9H,8,15H2,1H3/t9-/m0/s1. The summed E-state index contributed by atoms with van der Waals surface area (Å²) in [6, 6.07) is 11.6. The maximum atomic E-state index is 11.9. The molecule has 0 bridgehead atoms. The van der Waals surface area contributed by atoms with Crippen molar-refractivity contribution in [3.8, 4) is 6.07 Å². The molecule has 17 heavy (non-hydrogen) atoms. The Hall–Kier alpha value is -2.28. The Morgan fingerprint density at radius 2 is 2.06 bits per heavy atom. The Morgan fingerprint density at radius 1 is 1.41 bits per heavy atom. The minimum atomic E-state index is -0.427. The Bertz CT molecular complexity index is 513. The molecule has 0 aromatic heterocycles. The number of nitrogens with two attached hydrogens (primary N) is 1. The van der Waals surface area contributed by atoms with Crippen LogP contribution in [-0.4, -0.2) is 10.8 Å². The second-order valence-electron chi connectivity index (χ2n) is 4.04. The van der Waals surface area contributed by atoms with Gasteiger partial charge in [0.1, 0.15) is 5.82 Å². The second kappa shape index (κ2) is 4.30. The first-order chi connectivity index (χ1) is 8.15. The highest BCUT2D eigenvalue weighted by atomic mass is 16.2. The molecule has 1 heterocycles. The molecule has 0 aliphatic carbocycles. The van der Waals surface area contributed by atoms with Gasteiger partial charge in [-0.1, -0.05) is 30.3 Å². The van der Waals surface area contributed by atoms with Gasteiger partial charge in [0.05, 0.1) is 24.1 Å². The van der Waals surface area contributed by atoms with Gasteiger partial charge in [0.25, 0.3) is 0 Å². The van der Waals surface area contributed by atoms with E-state index in [0.717, 1.165) is 5.56 Å². The van der Waals surface area contributed by atoms with Crippen molar-refractivity contribution in [1.29, 1.82) is 5.26 Å². The molecule has 1 aromatic rings. The topological polar surface area (TPSA) is 70.1 Å². The molecule has 2 rings (SSSR count). The van der Waals surface area contributed by atoms with Crippen LogP contribution in [0.15, 0.2) is 41.7 Å². The van der Waals surface area contributed by atoms with E-state index in [0.29, 0.717) is 12.1 Å². The van der Waals surface area contributed by atoms with Crippen molar-refractivity contribution in [1.82, 2.24) is 4.90 Å². The van der Waals surface area contributed by atoms with E-state index >= 15 is 0 Å². The van der Waals surface area contributed by atoms with Gasteiger partial charge in [-0.05, 0) is 12.5 Å². The predicted octanol–water partition coefficient (Wildman–Crippen LogP) is 1.36. The zero-order chi connectivity index (χ0) is 12.4. The molecule has 86 valence electrons. The van der Waals surface area contributed by atoms with E-state index < -0.39 is 5.92 Å². The molecule has 1 atom stereocenters. The van der Waals surface area contributed by atoms with Gasteiger partial charge >= 0.3 is 0 Å². The summed E-state index contributed by atoms with van der Waals surface area (Å²) in [6.45, 7) is 2.12. The van der Waals surface area contributed by atoms with Crippen molar-refractivity contribution in [3.05, 3.63) is 47.3 Å². The van der Waals surface area contributed by atoms with Gasteiger partial charge in [-0.3, -0.25) is 9.69 Å². The Labute approximate surface area is 99.9 Å². The number of rotatable bonds is 2. The molecule has 0 saturated carbocycles. The van der Waals surface area contributed by atoms with Crippen LogP contribution in [0.2, 0.25) is 0 Å². The summed E-state index contributed by atoms with van der Waals surface area (Å²) in [5, 5.41) is 8.94. The van der Waals surface area contributed by atoms with Crippen LogP contribution in [0.3, 0.4) is 0 Å². The first-order valence-electron chi connectivity index (χ1n) is 5.40. The Balaban J connectivity index is 2.27. The third-order valence-corrected chi connectivity index (χ3v) is 2.94. The number of hydrogen-bond donors (Lipinski definition) is 1. The lowest BCUT2D eigenvalue weighted by Gasteiger charge is -2.17. The van der Waals surface area contributed by atoms with Gasteiger partial charge in [-0.15, -0.1) is 0 Å². The maximum absolute atomic E-state index is 11.9. The third-order valence-electron chi connectivity index (χ3n) is 2.94. The molecule has 1 aliphatic heterocycles. The quantitative estimate of drug-likeness (QED) is 0.829. The van der Waals surface area contributed by atoms with Crippen molar-refractivity contribution >= 4 is 5.91 Å². The first kappa shape index (κ1) is 11.2. The van der Waals surface area contributed by atoms with Crippen LogP contribution in [0, 0.1) is 17.2 Å². The molecular formula is C13H13N3O. The number of benzene rings is 1. The van der Waals surface area contributed by atoms with Crippen LogP contribution >= 0.6 is 0 Å². The maximum Gasteiger partial charge on any atom is 0.236 e. The van der Waals surface area contributed by atoms with Crippen LogP contribution in [0.25, 0.3) is 0 Å². The Kier molecular flexibility index (Phi) is 2.84. The van der Waals surface area contributed by atoms with Crippen LogP contribution in [-0.2, 0) is 11.3 Å². The summed E-state index contributed by atoms with van der Waals surface area (Å²) in [4.78, 5) is 13.4. The SMILES string of the molecule is C[C@@H]1C(=O)N(Cc2ccccc2)C(N)=C1C#N. The lowest BCUT2D eigenvalue weighted by atomic mass is 10.1. The summed E-state index contributed by atoms with van der Waals surface area (Å²) >= 11 is 0. The minimum Gasteiger partial charge on any atom is -0.384 e. The van der Waals surface area contributed by atoms with E-state index in [2.05, 4.69) is 0 Å².